The minimum Gasteiger partial charge on any atom is -0.548 e. The van der Waals surface area contributed by atoms with Gasteiger partial charge < -0.3 is 15.2 Å². The average molecular weight is 248 g/mol. The highest BCUT2D eigenvalue weighted by Gasteiger charge is 2.17. The zero-order valence-electron chi connectivity index (χ0n) is 10.9. The Morgan fingerprint density at radius 2 is 1.78 bits per heavy atom. The first-order chi connectivity index (χ1) is 8.45. The second-order valence-electron chi connectivity index (χ2n) is 4.56. The molecule has 0 aliphatic carbocycles. The lowest BCUT2D eigenvalue weighted by molar-refractivity contribution is -0.309. The zero-order valence-corrected chi connectivity index (χ0v) is 10.9. The fourth-order valence-corrected chi connectivity index (χ4v) is 1.61. The van der Waals surface area contributed by atoms with Crippen LogP contribution in [0.4, 0.5) is 0 Å². The molecule has 0 saturated heterocycles. The van der Waals surface area contributed by atoms with E-state index >= 15 is 0 Å². The Morgan fingerprint density at radius 1 is 1.22 bits per heavy atom. The molecule has 0 aliphatic rings. The third-order valence-corrected chi connectivity index (χ3v) is 2.83. The second kappa shape index (κ2) is 6.19. The highest BCUT2D eigenvalue weighted by Crippen LogP contribution is 2.07. The summed E-state index contributed by atoms with van der Waals surface area (Å²) in [6, 6.07) is 6.14. The number of hydrogen-bond acceptors (Lipinski definition) is 3. The van der Waals surface area contributed by atoms with Crippen molar-refractivity contribution in [1.29, 1.82) is 0 Å². The molecule has 4 heteroatoms. The molecule has 0 saturated carbocycles. The highest BCUT2D eigenvalue weighted by atomic mass is 16.4. The lowest BCUT2D eigenvalue weighted by Crippen LogP contribution is -2.50. The quantitative estimate of drug-likeness (QED) is 0.836. The molecule has 4 nitrogen and oxygen atoms in total. The molecule has 98 valence electrons. The van der Waals surface area contributed by atoms with Crippen molar-refractivity contribution in [3.05, 3.63) is 35.4 Å². The Bertz CT molecular complexity index is 423. The summed E-state index contributed by atoms with van der Waals surface area (Å²) in [6.07, 6.45) is 0.898. The van der Waals surface area contributed by atoms with E-state index in [1.165, 1.54) is 0 Å². The SMILES string of the molecule is CCc1ccc(C(=O)N[C@H](C(=O)[O-])C(C)C)cc1. The van der Waals surface area contributed by atoms with Gasteiger partial charge in [0.05, 0.1) is 12.0 Å². The van der Waals surface area contributed by atoms with E-state index in [0.717, 1.165) is 12.0 Å². The monoisotopic (exact) mass is 248 g/mol. The average Bonchev–Trinajstić information content (AvgIpc) is 2.35. The van der Waals surface area contributed by atoms with E-state index in [1.807, 2.05) is 19.1 Å². The molecule has 0 unspecified atom stereocenters. The topological polar surface area (TPSA) is 69.2 Å². The van der Waals surface area contributed by atoms with E-state index < -0.39 is 12.0 Å². The van der Waals surface area contributed by atoms with Crippen molar-refractivity contribution in [3.8, 4) is 0 Å². The molecule has 0 fully saturated rings. The van der Waals surface area contributed by atoms with Gasteiger partial charge in [-0.25, -0.2) is 0 Å². The fraction of sp³-hybridized carbons (Fsp3) is 0.429. The number of carbonyl (C=O) groups excluding carboxylic acids is 2. The third kappa shape index (κ3) is 3.58. The molecule has 1 amide bonds. The van der Waals surface area contributed by atoms with Gasteiger partial charge in [-0.3, -0.25) is 4.79 Å². The Kier molecular flexibility index (Phi) is 4.89. The number of carboxylic acids is 1. The first-order valence-corrected chi connectivity index (χ1v) is 6.06. The Hall–Kier alpha value is -1.84. The molecule has 0 heterocycles. The van der Waals surface area contributed by atoms with Crippen LogP contribution in [-0.2, 0) is 11.2 Å². The van der Waals surface area contributed by atoms with Gasteiger partial charge in [-0.2, -0.15) is 0 Å². The zero-order chi connectivity index (χ0) is 13.7. The molecule has 18 heavy (non-hydrogen) atoms. The number of rotatable bonds is 5. The summed E-state index contributed by atoms with van der Waals surface area (Å²) in [5, 5.41) is 13.4. The van der Waals surface area contributed by atoms with Crippen LogP contribution in [0.5, 0.6) is 0 Å². The summed E-state index contributed by atoms with van der Waals surface area (Å²) in [7, 11) is 0. The Labute approximate surface area is 107 Å². The summed E-state index contributed by atoms with van der Waals surface area (Å²) < 4.78 is 0. The Balaban J connectivity index is 2.77. The van der Waals surface area contributed by atoms with E-state index in [4.69, 9.17) is 0 Å². The summed E-state index contributed by atoms with van der Waals surface area (Å²) in [6.45, 7) is 5.47. The number of nitrogens with one attached hydrogen (secondary N) is 1. The van der Waals surface area contributed by atoms with Gasteiger partial charge in [0.2, 0.25) is 0 Å². The van der Waals surface area contributed by atoms with Gasteiger partial charge in [-0.05, 0) is 30.0 Å². The van der Waals surface area contributed by atoms with Gasteiger partial charge in [0.15, 0.2) is 0 Å². The third-order valence-electron chi connectivity index (χ3n) is 2.83. The smallest absolute Gasteiger partial charge is 0.251 e. The van der Waals surface area contributed by atoms with Gasteiger partial charge in [0.1, 0.15) is 0 Å². The predicted molar refractivity (Wildman–Crippen MR) is 66.9 cm³/mol. The molecule has 1 aromatic carbocycles. The number of carboxylic acid groups (broad SMARTS) is 1. The molecule has 1 N–H and O–H groups in total. The number of carbonyl (C=O) groups is 2. The van der Waals surface area contributed by atoms with Gasteiger partial charge in [0.25, 0.3) is 5.91 Å². The molecule has 0 radical (unpaired) electrons. The maximum atomic E-state index is 11.9. The largest absolute Gasteiger partial charge is 0.548 e. The highest BCUT2D eigenvalue weighted by molar-refractivity contribution is 5.96. The summed E-state index contributed by atoms with van der Waals surface area (Å²) >= 11 is 0. The van der Waals surface area contributed by atoms with Crippen LogP contribution in [0.2, 0.25) is 0 Å². The van der Waals surface area contributed by atoms with Crippen molar-refractivity contribution in [1.82, 2.24) is 5.32 Å². The maximum absolute atomic E-state index is 11.9. The van der Waals surface area contributed by atoms with Crippen LogP contribution in [0, 0.1) is 5.92 Å². The lowest BCUT2D eigenvalue weighted by Gasteiger charge is -2.23. The lowest BCUT2D eigenvalue weighted by atomic mass is 10.0. The van der Waals surface area contributed by atoms with Crippen LogP contribution in [0.25, 0.3) is 0 Å². The van der Waals surface area contributed by atoms with Crippen LogP contribution in [-0.4, -0.2) is 17.9 Å². The van der Waals surface area contributed by atoms with Gasteiger partial charge in [-0.1, -0.05) is 32.9 Å². The van der Waals surface area contributed by atoms with Gasteiger partial charge in [-0.15, -0.1) is 0 Å². The van der Waals surface area contributed by atoms with Gasteiger partial charge >= 0.3 is 0 Å². The minimum atomic E-state index is -1.26. The maximum Gasteiger partial charge on any atom is 0.251 e. The minimum absolute atomic E-state index is 0.214. The van der Waals surface area contributed by atoms with Crippen molar-refractivity contribution in [2.75, 3.05) is 0 Å². The standard InChI is InChI=1S/C14H19NO3/c1-4-10-5-7-11(8-6-10)13(16)15-12(9(2)3)14(17)18/h5-9,12H,4H2,1-3H3,(H,15,16)(H,17,18)/p-1/t12-/m0/s1. The second-order valence-corrected chi connectivity index (χ2v) is 4.56. The molecule has 0 spiro atoms. The number of aryl methyl sites for hydroxylation is 1. The fourth-order valence-electron chi connectivity index (χ4n) is 1.61. The first-order valence-electron chi connectivity index (χ1n) is 6.06. The van der Waals surface area contributed by atoms with E-state index in [2.05, 4.69) is 5.32 Å². The predicted octanol–water partition coefficient (Wildman–Crippen LogP) is 0.753. The summed E-state index contributed by atoms with van der Waals surface area (Å²) in [5.74, 6) is -1.86. The van der Waals surface area contributed by atoms with Crippen molar-refractivity contribution in [3.63, 3.8) is 0 Å². The van der Waals surface area contributed by atoms with E-state index in [0.29, 0.717) is 5.56 Å². The molecule has 1 atom stereocenters. The first kappa shape index (κ1) is 14.2. The van der Waals surface area contributed by atoms with Crippen LogP contribution in [0.15, 0.2) is 24.3 Å². The van der Waals surface area contributed by atoms with Crippen LogP contribution in [0.3, 0.4) is 0 Å². The molecule has 0 bridgehead atoms. The molecule has 1 aromatic rings. The van der Waals surface area contributed by atoms with E-state index in [9.17, 15) is 14.7 Å². The summed E-state index contributed by atoms with van der Waals surface area (Å²) in [5.41, 5.74) is 1.59. The normalized spacial score (nSPS) is 12.2. The number of amides is 1. The van der Waals surface area contributed by atoms with Crippen molar-refractivity contribution < 1.29 is 14.7 Å². The van der Waals surface area contributed by atoms with Crippen LogP contribution >= 0.6 is 0 Å². The molecular weight excluding hydrogens is 230 g/mol. The number of aliphatic carboxylic acids is 1. The van der Waals surface area contributed by atoms with Crippen LogP contribution in [0.1, 0.15) is 36.7 Å². The molecular formula is C14H18NO3-. The molecule has 0 aromatic heterocycles. The number of hydrogen-bond donors (Lipinski definition) is 1. The molecule has 1 rings (SSSR count). The van der Waals surface area contributed by atoms with Crippen molar-refractivity contribution >= 4 is 11.9 Å². The van der Waals surface area contributed by atoms with E-state index in [1.54, 1.807) is 26.0 Å². The molecule has 0 aliphatic heterocycles. The number of benzene rings is 1. The van der Waals surface area contributed by atoms with Crippen molar-refractivity contribution in [2.24, 2.45) is 5.92 Å². The van der Waals surface area contributed by atoms with Crippen molar-refractivity contribution in [2.45, 2.75) is 33.2 Å². The summed E-state index contributed by atoms with van der Waals surface area (Å²) in [4.78, 5) is 22.7. The Morgan fingerprint density at radius 3 is 2.17 bits per heavy atom. The van der Waals surface area contributed by atoms with Crippen LogP contribution < -0.4 is 10.4 Å². The van der Waals surface area contributed by atoms with Gasteiger partial charge in [0, 0.05) is 5.56 Å². The van der Waals surface area contributed by atoms with E-state index in [-0.39, 0.29) is 11.8 Å².